The van der Waals surface area contributed by atoms with Gasteiger partial charge in [-0.15, -0.1) is 0 Å². The van der Waals surface area contributed by atoms with Crippen molar-refractivity contribution in [2.24, 2.45) is 16.6 Å². The molecule has 0 aliphatic rings. The molecule has 0 bridgehead atoms. The Labute approximate surface area is 753 Å². The van der Waals surface area contributed by atoms with E-state index in [4.69, 9.17) is 40.1 Å². The molecular formula is C97H130N10O22. The van der Waals surface area contributed by atoms with Crippen LogP contribution in [0.5, 0.6) is 23.3 Å². The minimum absolute atomic E-state index is 0.0545. The molecule has 700 valence electrons. The van der Waals surface area contributed by atoms with E-state index in [9.17, 15) is 84.6 Å². The average molecular weight is 1790 g/mol. The average Bonchev–Trinajstić information content (AvgIpc) is 0.798. The van der Waals surface area contributed by atoms with Gasteiger partial charge in [-0.05, 0) is 168 Å². The highest BCUT2D eigenvalue weighted by atomic mass is 16.6. The van der Waals surface area contributed by atoms with Crippen molar-refractivity contribution in [1.29, 1.82) is 0 Å². The van der Waals surface area contributed by atoms with Crippen LogP contribution in [0.25, 0.3) is 44.8 Å². The van der Waals surface area contributed by atoms with Gasteiger partial charge in [-0.1, -0.05) is 173 Å². The van der Waals surface area contributed by atoms with Gasteiger partial charge in [0.2, 0.25) is 47.2 Å². The number of aliphatic hydroxyl groups excluding tert-OH is 10. The van der Waals surface area contributed by atoms with Crippen LogP contribution in [0.15, 0.2) is 194 Å². The molecule has 2 heterocycles. The predicted octanol–water partition coefficient (Wildman–Crippen LogP) is 6.75. The Kier molecular flexibility index (Phi) is 42.8. The van der Waals surface area contributed by atoms with Gasteiger partial charge in [0, 0.05) is 73.1 Å². The van der Waals surface area contributed by atoms with Crippen molar-refractivity contribution in [3.05, 3.63) is 205 Å². The minimum atomic E-state index is -1.90. The van der Waals surface area contributed by atoms with E-state index in [0.717, 1.165) is 50.3 Å². The lowest BCUT2D eigenvalue weighted by Crippen LogP contribution is -2.53. The first-order valence-corrected chi connectivity index (χ1v) is 43.7. The summed E-state index contributed by atoms with van der Waals surface area (Å²) >= 11 is 0. The van der Waals surface area contributed by atoms with E-state index in [1.165, 1.54) is 24.3 Å². The summed E-state index contributed by atoms with van der Waals surface area (Å²) in [5, 5.41) is 136. The van der Waals surface area contributed by atoms with Gasteiger partial charge < -0.3 is 118 Å². The molecule has 12 atom stereocenters. The Hall–Kier alpha value is -11.5. The fraction of sp³-hybridized carbons (Fsp3) is 0.454. The fourth-order valence-electron chi connectivity index (χ4n) is 13.6. The Morgan fingerprint density at radius 3 is 1.10 bits per heavy atom. The van der Waals surface area contributed by atoms with Crippen molar-refractivity contribution >= 4 is 41.5 Å². The number of unbranched alkanes of at least 4 members (excludes halogenated alkanes) is 4. The molecule has 6 aromatic carbocycles. The molecule has 8 rings (SSSR count). The number of amides is 7. The SMILES string of the molecule is CC(C)(C)OC(=O)NC(CCCCNC(=O)C(Cc1ccc(O)cc1)NC(=O)C(C)(C)CCCCOc1cc(-c2ccccc2)cc(-c2ccccc2)n1)C(=O)NCC(O)C(O)C(O)C(O)CO.CC(C)(CCCCOc1cc(-c2ccccc2)cc(-c2ccccc2)n1)C(=O)NC(Cc1ccc(O)cc1)C(=O)NCCCCC(N)C(=O)NCC(O)C(O)C(O)C(O)CO. The Balaban J connectivity index is 0.000000355. The minimum Gasteiger partial charge on any atom is -0.508 e. The molecule has 21 N–H and O–H groups in total. The summed E-state index contributed by atoms with van der Waals surface area (Å²) in [4.78, 5) is 103. The van der Waals surface area contributed by atoms with E-state index in [0.29, 0.717) is 94.7 Å². The lowest BCUT2D eigenvalue weighted by atomic mass is 9.85. The van der Waals surface area contributed by atoms with Crippen molar-refractivity contribution in [3.8, 4) is 68.0 Å². The largest absolute Gasteiger partial charge is 0.508 e. The molecule has 0 saturated carbocycles. The number of hydrogen-bond acceptors (Lipinski definition) is 25. The Bertz CT molecular complexity index is 4610. The number of nitrogens with one attached hydrogen (secondary N) is 7. The predicted molar refractivity (Wildman–Crippen MR) is 487 cm³/mol. The van der Waals surface area contributed by atoms with Gasteiger partial charge in [0.05, 0.1) is 56.1 Å². The van der Waals surface area contributed by atoms with Crippen LogP contribution in [0, 0.1) is 10.8 Å². The van der Waals surface area contributed by atoms with Crippen molar-refractivity contribution in [2.45, 2.75) is 217 Å². The van der Waals surface area contributed by atoms with Crippen molar-refractivity contribution in [2.75, 3.05) is 52.6 Å². The van der Waals surface area contributed by atoms with Crippen LogP contribution in [-0.2, 0) is 46.3 Å². The Morgan fingerprint density at radius 2 is 0.729 bits per heavy atom. The summed E-state index contributed by atoms with van der Waals surface area (Å²) in [6.07, 6.45) is -9.14. The van der Waals surface area contributed by atoms with Gasteiger partial charge in [0.25, 0.3) is 0 Å². The summed E-state index contributed by atoms with van der Waals surface area (Å²) < 4.78 is 17.6. The van der Waals surface area contributed by atoms with Crippen LogP contribution >= 0.6 is 0 Å². The summed E-state index contributed by atoms with van der Waals surface area (Å²) in [6, 6.07) is 56.5. The zero-order valence-electron chi connectivity index (χ0n) is 74.4. The highest BCUT2D eigenvalue weighted by Crippen LogP contribution is 2.33. The van der Waals surface area contributed by atoms with E-state index in [2.05, 4.69) is 37.2 Å². The van der Waals surface area contributed by atoms with E-state index in [1.807, 2.05) is 173 Å². The number of carbonyl (C=O) groups is 7. The monoisotopic (exact) mass is 1790 g/mol. The highest BCUT2D eigenvalue weighted by Gasteiger charge is 2.36. The van der Waals surface area contributed by atoms with Gasteiger partial charge in [0.15, 0.2) is 0 Å². The lowest BCUT2D eigenvalue weighted by Gasteiger charge is -2.27. The highest BCUT2D eigenvalue weighted by molar-refractivity contribution is 5.91. The zero-order valence-corrected chi connectivity index (χ0v) is 74.4. The molecule has 2 aromatic heterocycles. The number of aromatic nitrogens is 2. The topological polar surface area (TPSA) is 526 Å². The summed E-state index contributed by atoms with van der Waals surface area (Å²) in [7, 11) is 0. The molecule has 0 saturated heterocycles. The number of aromatic hydroxyl groups is 2. The Morgan fingerprint density at radius 1 is 0.380 bits per heavy atom. The number of nitrogens with zero attached hydrogens (tertiary/aromatic N) is 2. The molecule has 32 heteroatoms. The zero-order chi connectivity index (χ0) is 94.2. The number of pyridine rings is 2. The van der Waals surface area contributed by atoms with Crippen LogP contribution in [-0.4, -0.2) is 244 Å². The number of hydrogen-bond donors (Lipinski definition) is 20. The maximum Gasteiger partial charge on any atom is 0.408 e. The second-order valence-corrected chi connectivity index (χ2v) is 34.3. The molecule has 8 aromatic rings. The molecule has 12 unspecified atom stereocenters. The molecule has 0 fully saturated rings. The third-order valence-corrected chi connectivity index (χ3v) is 21.5. The maximum absolute atomic E-state index is 13.8. The van der Waals surface area contributed by atoms with E-state index in [1.54, 1.807) is 45.0 Å². The number of aliphatic hydroxyl groups is 10. The fourth-order valence-corrected chi connectivity index (χ4v) is 13.6. The normalized spacial score (nSPS) is 14.4. The number of phenolic OH excluding ortho intramolecular Hbond substituents is 2. The molecule has 0 aliphatic heterocycles. The second-order valence-electron chi connectivity index (χ2n) is 34.3. The lowest BCUT2D eigenvalue weighted by molar-refractivity contribution is -0.134. The number of ether oxygens (including phenoxy) is 3. The molecule has 0 aliphatic carbocycles. The van der Waals surface area contributed by atoms with Crippen LogP contribution < -0.4 is 52.4 Å². The third kappa shape index (κ3) is 36.1. The van der Waals surface area contributed by atoms with Crippen molar-refractivity contribution in [3.63, 3.8) is 0 Å². The number of benzene rings is 6. The van der Waals surface area contributed by atoms with E-state index >= 15 is 0 Å². The van der Waals surface area contributed by atoms with Crippen LogP contribution in [0.4, 0.5) is 4.79 Å². The molecule has 7 amide bonds. The first-order valence-electron chi connectivity index (χ1n) is 43.7. The molecule has 32 nitrogen and oxygen atoms in total. The first-order chi connectivity index (χ1) is 61.4. The van der Waals surface area contributed by atoms with Crippen LogP contribution in [0.1, 0.15) is 137 Å². The van der Waals surface area contributed by atoms with Gasteiger partial charge >= 0.3 is 6.09 Å². The summed E-state index contributed by atoms with van der Waals surface area (Å²) in [6.45, 7) is 10.7. The van der Waals surface area contributed by atoms with E-state index in [-0.39, 0.29) is 62.1 Å². The van der Waals surface area contributed by atoms with Crippen LogP contribution in [0.3, 0.4) is 0 Å². The number of nitrogens with two attached hydrogens (primary N) is 1. The smallest absolute Gasteiger partial charge is 0.408 e. The molecule has 129 heavy (non-hydrogen) atoms. The van der Waals surface area contributed by atoms with Crippen molar-refractivity contribution < 1.29 is 109 Å². The van der Waals surface area contributed by atoms with Crippen LogP contribution in [0.2, 0.25) is 0 Å². The third-order valence-electron chi connectivity index (χ3n) is 21.5. The number of phenols is 2. The number of carbonyl (C=O) groups excluding carboxylic acids is 7. The van der Waals surface area contributed by atoms with E-state index < -0.39 is 145 Å². The quantitative estimate of drug-likeness (QED) is 0.0175. The first kappa shape index (κ1) is 105. The standard InChI is InChI=1S/C51H69N5O12.C46H61N5O10/c1-50(2,3)68-49(66)56-38(46(63)53-31-41(59)44(61)45(62)42(60)32-57)20-12-14-26-52-47(64)40(28-33-21-23-37(58)24-22-33)55-48(65)51(4,5)25-13-15-27-67-43-30-36(34-16-8-6-9-17-34)29-39(54-43)35-18-10-7-11-19-35;1-46(2,22-10-12-24-61-40-27-33(31-13-5-3-6-14-31)26-36(50-40)32-15-7-4-8-16-32)45(60)51-37(25-30-18-20-34(53)21-19-30)44(59)48-23-11-9-17-35(47)43(58)49-28-38(54)41(56)42(57)39(55)29-52/h6-11,16-19,21-24,29-30,38,40-42,44-45,57-62H,12-15,20,25-28,31-32H2,1-5H3,(H,52,64)(H,53,63)(H,55,65)(H,56,66);3-8,13-16,18-21,26-27,35,37-39,41-42,52-57H,9-12,17,22-25,28-29,47H2,1-2H3,(H,48,59)(H,49,58)(H,51,60). The van der Waals surface area contributed by atoms with Gasteiger partial charge in [-0.2, -0.15) is 0 Å². The molecular weight excluding hydrogens is 1660 g/mol. The van der Waals surface area contributed by atoms with Crippen molar-refractivity contribution in [1.82, 2.24) is 47.2 Å². The number of alkyl carbamates (subject to hydrolysis) is 1. The maximum atomic E-state index is 13.8. The number of rotatable bonds is 51. The summed E-state index contributed by atoms with van der Waals surface area (Å²) in [5.41, 5.74) is 12.5. The second kappa shape index (κ2) is 52.8. The van der Waals surface area contributed by atoms with Gasteiger partial charge in [-0.25, -0.2) is 14.8 Å². The van der Waals surface area contributed by atoms with Gasteiger partial charge in [0.1, 0.15) is 71.8 Å². The molecule has 0 radical (unpaired) electrons. The summed E-state index contributed by atoms with van der Waals surface area (Å²) in [5.74, 6) is -1.65. The molecule has 0 spiro atoms. The van der Waals surface area contributed by atoms with Gasteiger partial charge in [-0.3, -0.25) is 28.8 Å².